The van der Waals surface area contributed by atoms with Crippen LogP contribution in [0, 0.1) is 12.7 Å². The van der Waals surface area contributed by atoms with Crippen LogP contribution in [0.1, 0.15) is 16.7 Å². The number of halogens is 1. The van der Waals surface area contributed by atoms with E-state index in [9.17, 15) is 14.0 Å². The first-order valence-electron chi connectivity index (χ1n) is 9.86. The molecule has 0 fully saturated rings. The van der Waals surface area contributed by atoms with Crippen LogP contribution in [-0.4, -0.2) is 10.9 Å². The second-order valence-corrected chi connectivity index (χ2v) is 7.31. The SMILES string of the molecule is Cc1ccccc1NC(=O)N(Cc1ccc(F)cc1)Cc1coc2ccccc2c1=O. The van der Waals surface area contributed by atoms with Crippen LogP contribution in [0.3, 0.4) is 0 Å². The number of hydrogen-bond acceptors (Lipinski definition) is 3. The molecule has 4 aromatic rings. The molecule has 0 aliphatic rings. The number of para-hydroxylation sites is 2. The maximum Gasteiger partial charge on any atom is 0.322 e. The summed E-state index contributed by atoms with van der Waals surface area (Å²) in [4.78, 5) is 27.6. The number of aryl methyl sites for hydroxylation is 1. The number of nitrogens with one attached hydrogen (secondary N) is 1. The average Bonchev–Trinajstić information content (AvgIpc) is 2.78. The van der Waals surface area contributed by atoms with Crippen molar-refractivity contribution in [2.75, 3.05) is 5.32 Å². The third-order valence-electron chi connectivity index (χ3n) is 5.07. The molecule has 0 saturated carbocycles. The first-order chi connectivity index (χ1) is 15.0. The molecule has 0 aliphatic heterocycles. The van der Waals surface area contributed by atoms with Gasteiger partial charge < -0.3 is 14.6 Å². The highest BCUT2D eigenvalue weighted by molar-refractivity contribution is 5.90. The van der Waals surface area contributed by atoms with Crippen molar-refractivity contribution in [1.29, 1.82) is 0 Å². The van der Waals surface area contributed by atoms with Gasteiger partial charge in [0.1, 0.15) is 11.4 Å². The Bertz CT molecular complexity index is 1280. The zero-order valence-corrected chi connectivity index (χ0v) is 17.0. The lowest BCUT2D eigenvalue weighted by molar-refractivity contribution is 0.206. The molecule has 0 bridgehead atoms. The molecule has 0 saturated heterocycles. The van der Waals surface area contributed by atoms with Crippen molar-refractivity contribution in [2.24, 2.45) is 0 Å². The fourth-order valence-electron chi connectivity index (χ4n) is 3.35. The predicted octanol–water partition coefficient (Wildman–Crippen LogP) is 5.47. The minimum atomic E-state index is -0.369. The van der Waals surface area contributed by atoms with Gasteiger partial charge in [0.2, 0.25) is 0 Å². The lowest BCUT2D eigenvalue weighted by Crippen LogP contribution is -2.35. The summed E-state index contributed by atoms with van der Waals surface area (Å²) in [6, 6.07) is 20.0. The van der Waals surface area contributed by atoms with Gasteiger partial charge in [-0.15, -0.1) is 0 Å². The monoisotopic (exact) mass is 416 g/mol. The second-order valence-electron chi connectivity index (χ2n) is 7.31. The van der Waals surface area contributed by atoms with Crippen LogP contribution in [0.4, 0.5) is 14.9 Å². The highest BCUT2D eigenvalue weighted by Crippen LogP contribution is 2.17. The van der Waals surface area contributed by atoms with Gasteiger partial charge in [0, 0.05) is 12.2 Å². The van der Waals surface area contributed by atoms with E-state index in [1.54, 1.807) is 36.4 Å². The van der Waals surface area contributed by atoms with E-state index in [1.807, 2.05) is 31.2 Å². The molecule has 156 valence electrons. The molecule has 6 heteroatoms. The largest absolute Gasteiger partial charge is 0.464 e. The van der Waals surface area contributed by atoms with Gasteiger partial charge in [0.15, 0.2) is 5.43 Å². The van der Waals surface area contributed by atoms with Gasteiger partial charge in [0.25, 0.3) is 0 Å². The van der Waals surface area contributed by atoms with E-state index in [0.717, 1.165) is 11.1 Å². The first-order valence-corrected chi connectivity index (χ1v) is 9.86. The van der Waals surface area contributed by atoms with Crippen molar-refractivity contribution < 1.29 is 13.6 Å². The number of carbonyl (C=O) groups is 1. The molecule has 1 aromatic heterocycles. The minimum absolute atomic E-state index is 0.0439. The number of benzene rings is 3. The summed E-state index contributed by atoms with van der Waals surface area (Å²) < 4.78 is 18.9. The van der Waals surface area contributed by atoms with Crippen molar-refractivity contribution in [1.82, 2.24) is 4.90 Å². The topological polar surface area (TPSA) is 62.6 Å². The molecule has 1 N–H and O–H groups in total. The summed E-state index contributed by atoms with van der Waals surface area (Å²) in [5, 5.41) is 3.36. The van der Waals surface area contributed by atoms with Crippen LogP contribution < -0.4 is 10.7 Å². The van der Waals surface area contributed by atoms with Crippen molar-refractivity contribution >= 4 is 22.7 Å². The van der Waals surface area contributed by atoms with Crippen LogP contribution in [0.5, 0.6) is 0 Å². The molecule has 0 atom stereocenters. The number of anilines is 1. The summed E-state index contributed by atoms with van der Waals surface area (Å²) in [5.74, 6) is -0.352. The molecule has 3 aromatic carbocycles. The number of rotatable bonds is 5. The molecule has 2 amide bonds. The zero-order chi connectivity index (χ0) is 21.8. The molecule has 5 nitrogen and oxygen atoms in total. The average molecular weight is 416 g/mol. The van der Waals surface area contributed by atoms with E-state index in [-0.39, 0.29) is 30.4 Å². The van der Waals surface area contributed by atoms with Gasteiger partial charge >= 0.3 is 6.03 Å². The Labute approximate surface area is 178 Å². The molecular formula is C25H21FN2O3. The van der Waals surface area contributed by atoms with E-state index < -0.39 is 0 Å². The van der Waals surface area contributed by atoms with Gasteiger partial charge in [-0.3, -0.25) is 4.79 Å². The molecule has 0 aliphatic carbocycles. The second kappa shape index (κ2) is 8.83. The zero-order valence-electron chi connectivity index (χ0n) is 17.0. The number of nitrogens with zero attached hydrogens (tertiary/aromatic N) is 1. The quantitative estimate of drug-likeness (QED) is 0.469. The molecule has 31 heavy (non-hydrogen) atoms. The summed E-state index contributed by atoms with van der Waals surface area (Å²) in [5.41, 5.74) is 3.01. The molecular weight excluding hydrogens is 395 g/mol. The number of amides is 2. The van der Waals surface area contributed by atoms with E-state index in [4.69, 9.17) is 4.42 Å². The van der Waals surface area contributed by atoms with E-state index in [0.29, 0.717) is 22.2 Å². The van der Waals surface area contributed by atoms with Gasteiger partial charge in [-0.1, -0.05) is 42.5 Å². The van der Waals surface area contributed by atoms with Crippen LogP contribution in [0.25, 0.3) is 11.0 Å². The van der Waals surface area contributed by atoms with Crippen LogP contribution >= 0.6 is 0 Å². The molecule has 1 heterocycles. The fraction of sp³-hybridized carbons (Fsp3) is 0.120. The third kappa shape index (κ3) is 4.64. The van der Waals surface area contributed by atoms with E-state index in [2.05, 4.69) is 5.32 Å². The third-order valence-corrected chi connectivity index (χ3v) is 5.07. The van der Waals surface area contributed by atoms with E-state index >= 15 is 0 Å². The number of carbonyl (C=O) groups excluding carboxylic acids is 1. The van der Waals surface area contributed by atoms with Crippen LogP contribution in [-0.2, 0) is 13.1 Å². The predicted molar refractivity (Wildman–Crippen MR) is 118 cm³/mol. The van der Waals surface area contributed by atoms with Gasteiger partial charge in [0.05, 0.1) is 23.8 Å². The number of fused-ring (bicyclic) bond motifs is 1. The van der Waals surface area contributed by atoms with Crippen molar-refractivity contribution in [2.45, 2.75) is 20.0 Å². The molecule has 4 rings (SSSR count). The van der Waals surface area contributed by atoms with Gasteiger partial charge in [-0.2, -0.15) is 0 Å². The Kier molecular flexibility index (Phi) is 5.80. The van der Waals surface area contributed by atoms with E-state index in [1.165, 1.54) is 23.3 Å². The Morgan fingerprint density at radius 3 is 2.45 bits per heavy atom. The maximum atomic E-state index is 13.3. The highest BCUT2D eigenvalue weighted by atomic mass is 19.1. The normalized spacial score (nSPS) is 10.8. The van der Waals surface area contributed by atoms with Gasteiger partial charge in [-0.25, -0.2) is 9.18 Å². The Morgan fingerprint density at radius 1 is 0.968 bits per heavy atom. The molecule has 0 unspecified atom stereocenters. The minimum Gasteiger partial charge on any atom is -0.464 e. The number of hydrogen-bond donors (Lipinski definition) is 1. The van der Waals surface area contributed by atoms with Crippen molar-refractivity contribution in [3.8, 4) is 0 Å². The molecule has 0 radical (unpaired) electrons. The van der Waals surface area contributed by atoms with Crippen LogP contribution in [0.2, 0.25) is 0 Å². The number of urea groups is 1. The van der Waals surface area contributed by atoms with Crippen molar-refractivity contribution in [3.63, 3.8) is 0 Å². The smallest absolute Gasteiger partial charge is 0.322 e. The van der Waals surface area contributed by atoms with Crippen molar-refractivity contribution in [3.05, 3.63) is 112 Å². The summed E-state index contributed by atoms with van der Waals surface area (Å²) >= 11 is 0. The Hall–Kier alpha value is -3.93. The van der Waals surface area contributed by atoms with Gasteiger partial charge in [-0.05, 0) is 48.4 Å². The van der Waals surface area contributed by atoms with Crippen LogP contribution in [0.15, 0.2) is 88.3 Å². The fourth-order valence-corrected chi connectivity index (χ4v) is 3.35. The summed E-state index contributed by atoms with van der Waals surface area (Å²) in [6.07, 6.45) is 1.39. The summed E-state index contributed by atoms with van der Waals surface area (Å²) in [7, 11) is 0. The maximum absolute atomic E-state index is 13.3. The molecule has 0 spiro atoms. The Balaban J connectivity index is 1.65. The summed E-state index contributed by atoms with van der Waals surface area (Å²) in [6.45, 7) is 2.14. The lowest BCUT2D eigenvalue weighted by Gasteiger charge is -2.23. The standard InChI is InChI=1S/C25H21FN2O3/c1-17-6-2-4-8-22(17)27-25(30)28(14-18-10-12-20(26)13-11-18)15-19-16-31-23-9-5-3-7-21(23)24(19)29/h2-13,16H,14-15H2,1H3,(H,27,30). The lowest BCUT2D eigenvalue weighted by atomic mass is 10.1. The Morgan fingerprint density at radius 2 is 1.68 bits per heavy atom. The first kappa shape index (κ1) is 20.3. The highest BCUT2D eigenvalue weighted by Gasteiger charge is 2.18.